The fourth-order valence-corrected chi connectivity index (χ4v) is 4.04. The Balaban J connectivity index is 1.40. The highest BCUT2D eigenvalue weighted by atomic mass is 16.5. The van der Waals surface area contributed by atoms with Gasteiger partial charge in [-0.05, 0) is 37.0 Å². The van der Waals surface area contributed by atoms with Crippen LogP contribution in [-0.4, -0.2) is 59.1 Å². The van der Waals surface area contributed by atoms with E-state index in [4.69, 9.17) is 4.74 Å². The summed E-state index contributed by atoms with van der Waals surface area (Å²) in [5, 5.41) is 0. The number of ether oxygens (including phenoxy) is 1. The van der Waals surface area contributed by atoms with Crippen molar-refractivity contribution in [1.29, 1.82) is 0 Å². The third-order valence-electron chi connectivity index (χ3n) is 5.12. The number of carbonyl (C=O) groups excluding carboxylic acids is 1. The van der Waals surface area contributed by atoms with E-state index in [-0.39, 0.29) is 18.1 Å². The van der Waals surface area contributed by atoms with Gasteiger partial charge in [0.25, 0.3) is 0 Å². The van der Waals surface area contributed by atoms with Gasteiger partial charge in [-0.1, -0.05) is 0 Å². The quantitative estimate of drug-likeness (QED) is 0.844. The standard InChI is InChI=1S/C17H23N3O2/c21-17(20-7-1-2-8-20)15-9-14-11-19(12-16(15)22-14)10-13-3-5-18-6-4-13/h3-6,14-16H,1-2,7-12H2/t14-,15+,16-/m1/s1. The van der Waals surface area contributed by atoms with Crippen LogP contribution in [0, 0.1) is 5.92 Å². The first kappa shape index (κ1) is 14.2. The van der Waals surface area contributed by atoms with Crippen molar-refractivity contribution in [2.75, 3.05) is 26.2 Å². The molecule has 22 heavy (non-hydrogen) atoms. The summed E-state index contributed by atoms with van der Waals surface area (Å²) in [6.45, 7) is 4.59. The van der Waals surface area contributed by atoms with Crippen LogP contribution >= 0.6 is 0 Å². The molecule has 3 atom stereocenters. The van der Waals surface area contributed by atoms with E-state index >= 15 is 0 Å². The molecule has 1 aromatic rings. The van der Waals surface area contributed by atoms with Gasteiger partial charge in [-0.3, -0.25) is 14.7 Å². The smallest absolute Gasteiger partial charge is 0.228 e. The lowest BCUT2D eigenvalue weighted by atomic mass is 9.99. The number of morpholine rings is 1. The predicted molar refractivity (Wildman–Crippen MR) is 82.1 cm³/mol. The number of aromatic nitrogens is 1. The van der Waals surface area contributed by atoms with Crippen LogP contribution < -0.4 is 0 Å². The zero-order valence-corrected chi connectivity index (χ0v) is 12.9. The summed E-state index contributed by atoms with van der Waals surface area (Å²) >= 11 is 0. The largest absolute Gasteiger partial charge is 0.371 e. The Kier molecular flexibility index (Phi) is 3.84. The van der Waals surface area contributed by atoms with Crippen LogP contribution in [0.5, 0.6) is 0 Å². The van der Waals surface area contributed by atoms with Gasteiger partial charge in [0.2, 0.25) is 5.91 Å². The summed E-state index contributed by atoms with van der Waals surface area (Å²) in [7, 11) is 0. The van der Waals surface area contributed by atoms with Crippen LogP contribution in [-0.2, 0) is 16.1 Å². The van der Waals surface area contributed by atoms with E-state index in [1.165, 1.54) is 5.56 Å². The Labute approximate surface area is 131 Å². The summed E-state index contributed by atoms with van der Waals surface area (Å²) in [4.78, 5) is 21.2. The number of likely N-dealkylation sites (tertiary alicyclic amines) is 2. The second-order valence-electron chi connectivity index (χ2n) is 6.72. The molecule has 0 aliphatic carbocycles. The number of carbonyl (C=O) groups is 1. The molecule has 3 aliphatic rings. The maximum absolute atomic E-state index is 12.7. The summed E-state index contributed by atoms with van der Waals surface area (Å²) < 4.78 is 6.06. The molecule has 3 fully saturated rings. The number of amides is 1. The highest BCUT2D eigenvalue weighted by Crippen LogP contribution is 2.34. The minimum atomic E-state index is 0.0746. The molecule has 0 aromatic carbocycles. The van der Waals surface area contributed by atoms with E-state index in [0.29, 0.717) is 5.91 Å². The third kappa shape index (κ3) is 2.75. The molecule has 4 rings (SSSR count). The Hall–Kier alpha value is -1.46. The average Bonchev–Trinajstić information content (AvgIpc) is 3.16. The van der Waals surface area contributed by atoms with Crippen LogP contribution in [0.3, 0.4) is 0 Å². The van der Waals surface area contributed by atoms with Gasteiger partial charge in [-0.25, -0.2) is 0 Å². The molecule has 3 saturated heterocycles. The third-order valence-corrected chi connectivity index (χ3v) is 5.12. The second kappa shape index (κ2) is 5.97. The molecule has 5 heteroatoms. The topological polar surface area (TPSA) is 45.7 Å². The van der Waals surface area contributed by atoms with Gasteiger partial charge in [0.1, 0.15) is 0 Å². The lowest BCUT2D eigenvalue weighted by molar-refractivity contribution is -0.137. The molecular weight excluding hydrogens is 278 g/mol. The molecule has 3 aliphatic heterocycles. The number of hydrogen-bond acceptors (Lipinski definition) is 4. The zero-order valence-electron chi connectivity index (χ0n) is 12.9. The first-order valence-corrected chi connectivity index (χ1v) is 8.35. The molecule has 0 unspecified atom stereocenters. The van der Waals surface area contributed by atoms with Gasteiger partial charge >= 0.3 is 0 Å². The lowest BCUT2D eigenvalue weighted by Gasteiger charge is -2.33. The Bertz CT molecular complexity index is 530. The fourth-order valence-electron chi connectivity index (χ4n) is 4.04. The van der Waals surface area contributed by atoms with E-state index in [1.807, 2.05) is 17.3 Å². The Morgan fingerprint density at radius 2 is 2.00 bits per heavy atom. The Morgan fingerprint density at radius 1 is 1.23 bits per heavy atom. The van der Waals surface area contributed by atoms with Crippen LogP contribution in [0.25, 0.3) is 0 Å². The molecule has 1 amide bonds. The minimum absolute atomic E-state index is 0.0746. The maximum atomic E-state index is 12.7. The van der Waals surface area contributed by atoms with Crippen LogP contribution in [0.4, 0.5) is 0 Å². The molecule has 5 nitrogen and oxygen atoms in total. The SMILES string of the molecule is O=C([C@H]1C[C@@H]2CN(Cc3ccncc3)C[C@H]1O2)N1CCCC1. The first-order chi connectivity index (χ1) is 10.8. The van der Waals surface area contributed by atoms with Gasteiger partial charge in [0.05, 0.1) is 18.1 Å². The van der Waals surface area contributed by atoms with Crippen molar-refractivity contribution in [3.05, 3.63) is 30.1 Å². The van der Waals surface area contributed by atoms with Crippen LogP contribution in [0.15, 0.2) is 24.5 Å². The fraction of sp³-hybridized carbons (Fsp3) is 0.647. The number of nitrogens with zero attached hydrogens (tertiary/aromatic N) is 3. The molecule has 4 heterocycles. The highest BCUT2D eigenvalue weighted by molar-refractivity contribution is 5.80. The van der Waals surface area contributed by atoms with Crippen LogP contribution in [0.2, 0.25) is 0 Å². The minimum Gasteiger partial charge on any atom is -0.371 e. The van der Waals surface area contributed by atoms with E-state index in [2.05, 4.69) is 22.0 Å². The summed E-state index contributed by atoms with van der Waals surface area (Å²) in [5.74, 6) is 0.404. The predicted octanol–water partition coefficient (Wildman–Crippen LogP) is 1.29. The van der Waals surface area contributed by atoms with Gasteiger partial charge in [0.15, 0.2) is 0 Å². The van der Waals surface area contributed by atoms with Crippen molar-refractivity contribution in [2.24, 2.45) is 5.92 Å². The highest BCUT2D eigenvalue weighted by Gasteiger charge is 2.45. The first-order valence-electron chi connectivity index (χ1n) is 8.35. The lowest BCUT2D eigenvalue weighted by Crippen LogP contribution is -2.45. The number of fused-ring (bicyclic) bond motifs is 2. The molecule has 0 spiro atoms. The molecule has 0 radical (unpaired) electrons. The molecule has 1 aromatic heterocycles. The number of hydrogen-bond donors (Lipinski definition) is 0. The second-order valence-corrected chi connectivity index (χ2v) is 6.72. The molecule has 0 N–H and O–H groups in total. The van der Waals surface area contributed by atoms with E-state index in [9.17, 15) is 4.79 Å². The van der Waals surface area contributed by atoms with Crippen molar-refractivity contribution in [3.8, 4) is 0 Å². The van der Waals surface area contributed by atoms with E-state index < -0.39 is 0 Å². The number of rotatable bonds is 3. The summed E-state index contributed by atoms with van der Waals surface area (Å²) in [5.41, 5.74) is 1.28. The van der Waals surface area contributed by atoms with Crippen LogP contribution in [0.1, 0.15) is 24.8 Å². The van der Waals surface area contributed by atoms with Gasteiger partial charge < -0.3 is 9.64 Å². The zero-order chi connectivity index (χ0) is 14.9. The van der Waals surface area contributed by atoms with Gasteiger partial charge in [-0.15, -0.1) is 0 Å². The van der Waals surface area contributed by atoms with Gasteiger partial charge in [0, 0.05) is 45.1 Å². The molecule has 118 valence electrons. The Morgan fingerprint density at radius 3 is 2.77 bits per heavy atom. The van der Waals surface area contributed by atoms with Crippen molar-refractivity contribution >= 4 is 5.91 Å². The van der Waals surface area contributed by atoms with Crippen molar-refractivity contribution in [3.63, 3.8) is 0 Å². The van der Waals surface area contributed by atoms with Gasteiger partial charge in [-0.2, -0.15) is 0 Å². The van der Waals surface area contributed by atoms with E-state index in [1.54, 1.807) is 0 Å². The normalized spacial score (nSPS) is 31.6. The van der Waals surface area contributed by atoms with Crippen molar-refractivity contribution in [2.45, 2.75) is 38.0 Å². The van der Waals surface area contributed by atoms with E-state index in [0.717, 1.165) is 52.0 Å². The molecular formula is C17H23N3O2. The van der Waals surface area contributed by atoms with Crippen molar-refractivity contribution < 1.29 is 9.53 Å². The summed E-state index contributed by atoms with van der Waals surface area (Å²) in [6.07, 6.45) is 7.18. The average molecular weight is 301 g/mol. The monoisotopic (exact) mass is 301 g/mol. The molecule has 0 saturated carbocycles. The summed E-state index contributed by atoms with van der Waals surface area (Å²) in [6, 6.07) is 4.12. The number of pyridine rings is 1. The maximum Gasteiger partial charge on any atom is 0.228 e. The molecule has 2 bridgehead atoms. The van der Waals surface area contributed by atoms with Crippen molar-refractivity contribution in [1.82, 2.24) is 14.8 Å².